The fraction of sp³-hybridized carbons (Fsp3) is 0.154. The molecular weight excluding hydrogens is 235 g/mol. The Morgan fingerprint density at radius 3 is 2.82 bits per heavy atom. The van der Waals surface area contributed by atoms with Crippen LogP contribution in [0.15, 0.2) is 29.6 Å². The second-order valence-electron chi connectivity index (χ2n) is 3.46. The summed E-state index contributed by atoms with van der Waals surface area (Å²) >= 11 is 1.54. The van der Waals surface area contributed by atoms with E-state index in [1.807, 2.05) is 5.38 Å². The fourth-order valence-electron chi connectivity index (χ4n) is 1.38. The molecule has 0 bridgehead atoms. The van der Waals surface area contributed by atoms with Crippen LogP contribution < -0.4 is 5.32 Å². The molecule has 0 spiro atoms. The average Bonchev–Trinajstić information content (AvgIpc) is 2.79. The van der Waals surface area contributed by atoms with E-state index in [0.717, 1.165) is 16.3 Å². The molecule has 2 rings (SSSR count). The molecule has 0 aliphatic carbocycles. The third kappa shape index (κ3) is 3.13. The van der Waals surface area contributed by atoms with Gasteiger partial charge in [0.2, 0.25) is 0 Å². The Morgan fingerprint density at radius 1 is 1.35 bits per heavy atom. The second-order valence-corrected chi connectivity index (χ2v) is 4.32. The SMILES string of the molecule is C#CCNCc1csc(-c2ccc(F)cc2)n1. The van der Waals surface area contributed by atoms with Gasteiger partial charge >= 0.3 is 0 Å². The van der Waals surface area contributed by atoms with Crippen LogP contribution in [0.1, 0.15) is 5.69 Å². The van der Waals surface area contributed by atoms with E-state index in [-0.39, 0.29) is 5.82 Å². The molecule has 0 fully saturated rings. The van der Waals surface area contributed by atoms with Gasteiger partial charge in [0.25, 0.3) is 0 Å². The summed E-state index contributed by atoms with van der Waals surface area (Å²) in [5, 5.41) is 5.94. The van der Waals surface area contributed by atoms with Crippen molar-refractivity contribution in [1.82, 2.24) is 10.3 Å². The summed E-state index contributed by atoms with van der Waals surface area (Å²) in [6, 6.07) is 6.33. The van der Waals surface area contributed by atoms with Gasteiger partial charge in [0.1, 0.15) is 10.8 Å². The van der Waals surface area contributed by atoms with E-state index in [2.05, 4.69) is 16.2 Å². The largest absolute Gasteiger partial charge is 0.301 e. The highest BCUT2D eigenvalue weighted by Gasteiger charge is 2.04. The van der Waals surface area contributed by atoms with E-state index >= 15 is 0 Å². The van der Waals surface area contributed by atoms with Crippen LogP contribution in [0.4, 0.5) is 4.39 Å². The van der Waals surface area contributed by atoms with Gasteiger partial charge in [-0.2, -0.15) is 0 Å². The molecule has 0 amide bonds. The maximum atomic E-state index is 12.8. The van der Waals surface area contributed by atoms with Crippen molar-refractivity contribution in [3.8, 4) is 22.9 Å². The van der Waals surface area contributed by atoms with E-state index in [0.29, 0.717) is 13.1 Å². The molecule has 0 saturated carbocycles. The molecular formula is C13H11FN2S. The van der Waals surface area contributed by atoms with Gasteiger partial charge in [0.15, 0.2) is 0 Å². The third-order valence-electron chi connectivity index (χ3n) is 2.18. The van der Waals surface area contributed by atoms with Crippen molar-refractivity contribution in [3.63, 3.8) is 0 Å². The topological polar surface area (TPSA) is 24.9 Å². The van der Waals surface area contributed by atoms with E-state index in [1.165, 1.54) is 12.1 Å². The van der Waals surface area contributed by atoms with Gasteiger partial charge in [-0.15, -0.1) is 17.8 Å². The maximum absolute atomic E-state index is 12.8. The summed E-state index contributed by atoms with van der Waals surface area (Å²) in [4.78, 5) is 4.45. The quantitative estimate of drug-likeness (QED) is 0.662. The van der Waals surface area contributed by atoms with Crippen LogP contribution in [-0.4, -0.2) is 11.5 Å². The molecule has 0 saturated heterocycles. The average molecular weight is 246 g/mol. The van der Waals surface area contributed by atoms with Gasteiger partial charge in [-0.25, -0.2) is 9.37 Å². The Bertz CT molecular complexity index is 525. The third-order valence-corrected chi connectivity index (χ3v) is 3.12. The highest BCUT2D eigenvalue weighted by molar-refractivity contribution is 7.13. The summed E-state index contributed by atoms with van der Waals surface area (Å²) in [5.74, 6) is 2.27. The Balaban J connectivity index is 2.08. The van der Waals surface area contributed by atoms with Gasteiger partial charge in [-0.1, -0.05) is 5.92 Å². The van der Waals surface area contributed by atoms with Crippen molar-refractivity contribution in [1.29, 1.82) is 0 Å². The van der Waals surface area contributed by atoms with Crippen molar-refractivity contribution >= 4 is 11.3 Å². The lowest BCUT2D eigenvalue weighted by atomic mass is 10.2. The summed E-state index contributed by atoms with van der Waals surface area (Å²) in [6.45, 7) is 1.19. The molecule has 2 aromatic rings. The van der Waals surface area contributed by atoms with Crippen LogP contribution in [0.5, 0.6) is 0 Å². The minimum absolute atomic E-state index is 0.235. The maximum Gasteiger partial charge on any atom is 0.123 e. The zero-order valence-electron chi connectivity index (χ0n) is 9.11. The number of aromatic nitrogens is 1. The van der Waals surface area contributed by atoms with E-state index < -0.39 is 0 Å². The van der Waals surface area contributed by atoms with Crippen LogP contribution in [0.25, 0.3) is 10.6 Å². The molecule has 0 unspecified atom stereocenters. The van der Waals surface area contributed by atoms with Gasteiger partial charge in [-0.3, -0.25) is 0 Å². The lowest BCUT2D eigenvalue weighted by Crippen LogP contribution is -2.13. The van der Waals surface area contributed by atoms with Gasteiger partial charge < -0.3 is 5.32 Å². The normalized spacial score (nSPS) is 10.1. The Labute approximate surface area is 104 Å². The summed E-state index contributed by atoms with van der Waals surface area (Å²) in [7, 11) is 0. The standard InChI is InChI=1S/C13H11FN2S/c1-2-7-15-8-12-9-17-13(16-12)10-3-5-11(14)6-4-10/h1,3-6,9,15H,7-8H2. The fourth-order valence-corrected chi connectivity index (χ4v) is 2.20. The Kier molecular flexibility index (Phi) is 3.86. The number of benzene rings is 1. The molecule has 17 heavy (non-hydrogen) atoms. The van der Waals surface area contributed by atoms with Crippen LogP contribution in [0, 0.1) is 18.2 Å². The number of hydrogen-bond acceptors (Lipinski definition) is 3. The minimum Gasteiger partial charge on any atom is -0.301 e. The lowest BCUT2D eigenvalue weighted by molar-refractivity contribution is 0.628. The highest BCUT2D eigenvalue weighted by atomic mass is 32.1. The summed E-state index contributed by atoms with van der Waals surface area (Å²) in [6.07, 6.45) is 5.14. The van der Waals surface area contributed by atoms with Gasteiger partial charge in [0.05, 0.1) is 12.2 Å². The van der Waals surface area contributed by atoms with Crippen LogP contribution in [0.2, 0.25) is 0 Å². The van der Waals surface area contributed by atoms with E-state index in [4.69, 9.17) is 6.42 Å². The first kappa shape index (κ1) is 11.8. The summed E-state index contributed by atoms with van der Waals surface area (Å²) in [5.41, 5.74) is 1.88. The number of rotatable bonds is 4. The number of nitrogens with zero attached hydrogens (tertiary/aromatic N) is 1. The van der Waals surface area contributed by atoms with Crippen LogP contribution in [0.3, 0.4) is 0 Å². The lowest BCUT2D eigenvalue weighted by Gasteiger charge is -1.97. The molecule has 1 aromatic carbocycles. The van der Waals surface area contributed by atoms with E-state index in [9.17, 15) is 4.39 Å². The van der Waals surface area contributed by atoms with Crippen LogP contribution >= 0.6 is 11.3 Å². The van der Waals surface area contributed by atoms with Crippen molar-refractivity contribution in [2.75, 3.05) is 6.54 Å². The molecule has 1 aromatic heterocycles. The molecule has 0 aliphatic rings. The predicted octanol–water partition coefficient (Wildman–Crippen LogP) is 2.67. The number of hydrogen-bond donors (Lipinski definition) is 1. The molecule has 0 atom stereocenters. The molecule has 2 nitrogen and oxygen atoms in total. The first-order valence-corrected chi connectivity index (χ1v) is 6.02. The number of halogens is 1. The molecule has 0 aliphatic heterocycles. The van der Waals surface area contributed by atoms with Crippen molar-refractivity contribution < 1.29 is 4.39 Å². The smallest absolute Gasteiger partial charge is 0.123 e. The molecule has 1 heterocycles. The summed E-state index contributed by atoms with van der Waals surface area (Å²) < 4.78 is 12.8. The van der Waals surface area contributed by atoms with E-state index in [1.54, 1.807) is 23.5 Å². The van der Waals surface area contributed by atoms with Gasteiger partial charge in [0, 0.05) is 17.5 Å². The predicted molar refractivity (Wildman–Crippen MR) is 68.0 cm³/mol. The van der Waals surface area contributed by atoms with Crippen molar-refractivity contribution in [2.24, 2.45) is 0 Å². The van der Waals surface area contributed by atoms with Crippen molar-refractivity contribution in [2.45, 2.75) is 6.54 Å². The van der Waals surface area contributed by atoms with Crippen LogP contribution in [-0.2, 0) is 6.54 Å². The number of nitrogens with one attached hydrogen (secondary N) is 1. The molecule has 86 valence electrons. The monoisotopic (exact) mass is 246 g/mol. The van der Waals surface area contributed by atoms with Crippen molar-refractivity contribution in [3.05, 3.63) is 41.2 Å². The Morgan fingerprint density at radius 2 is 2.12 bits per heavy atom. The molecule has 0 radical (unpaired) electrons. The zero-order valence-corrected chi connectivity index (χ0v) is 9.93. The first-order valence-electron chi connectivity index (χ1n) is 5.14. The number of terminal acetylenes is 1. The number of thiazole rings is 1. The molecule has 4 heteroatoms. The molecule has 1 N–H and O–H groups in total. The minimum atomic E-state index is -0.235. The zero-order chi connectivity index (χ0) is 12.1. The highest BCUT2D eigenvalue weighted by Crippen LogP contribution is 2.23. The second kappa shape index (κ2) is 5.58. The van der Waals surface area contributed by atoms with Gasteiger partial charge in [-0.05, 0) is 24.3 Å². The first-order chi connectivity index (χ1) is 8.29. The Hall–Kier alpha value is -1.70.